The van der Waals surface area contributed by atoms with E-state index in [9.17, 15) is 4.79 Å². The summed E-state index contributed by atoms with van der Waals surface area (Å²) in [5.41, 5.74) is 1.13. The molecule has 4 heteroatoms. The summed E-state index contributed by atoms with van der Waals surface area (Å²) >= 11 is 0. The largest absolute Gasteiger partial charge is 0.468 e. The van der Waals surface area contributed by atoms with Gasteiger partial charge >= 0.3 is 5.97 Å². The van der Waals surface area contributed by atoms with Gasteiger partial charge in [-0.2, -0.15) is 0 Å². The van der Waals surface area contributed by atoms with Gasteiger partial charge in [-0.05, 0) is 17.5 Å². The Kier molecular flexibility index (Phi) is 4.37. The van der Waals surface area contributed by atoms with Crippen LogP contribution in [0.1, 0.15) is 19.4 Å². The summed E-state index contributed by atoms with van der Waals surface area (Å²) < 4.78 is 4.73. The van der Waals surface area contributed by atoms with Crippen LogP contribution < -0.4 is 5.32 Å². The third kappa shape index (κ3) is 3.40. The van der Waals surface area contributed by atoms with Crippen molar-refractivity contribution in [1.29, 1.82) is 0 Å². The number of H-pyrrole nitrogens is 1. The summed E-state index contributed by atoms with van der Waals surface area (Å²) in [6.07, 6.45) is 3.77. The predicted octanol–water partition coefficient (Wildman–Crippen LogP) is 1.30. The van der Waals surface area contributed by atoms with Crippen molar-refractivity contribution in [2.45, 2.75) is 26.4 Å². The first kappa shape index (κ1) is 11.8. The number of nitrogens with one attached hydrogen (secondary N) is 2. The van der Waals surface area contributed by atoms with Gasteiger partial charge in [0.1, 0.15) is 6.04 Å². The number of carbonyl (C=O) groups is 1. The molecule has 0 amide bonds. The first-order valence-electron chi connectivity index (χ1n) is 5.08. The average molecular weight is 210 g/mol. The van der Waals surface area contributed by atoms with E-state index >= 15 is 0 Å². The Labute approximate surface area is 90.0 Å². The first-order valence-corrected chi connectivity index (χ1v) is 5.08. The minimum Gasteiger partial charge on any atom is -0.468 e. The Morgan fingerprint density at radius 2 is 2.33 bits per heavy atom. The zero-order chi connectivity index (χ0) is 11.3. The molecular formula is C11H18N2O2. The highest BCUT2D eigenvalue weighted by molar-refractivity contribution is 5.75. The number of methoxy groups -OCH3 is 1. The molecule has 0 spiro atoms. The number of rotatable bonds is 5. The van der Waals surface area contributed by atoms with E-state index in [-0.39, 0.29) is 17.9 Å². The van der Waals surface area contributed by atoms with Crippen molar-refractivity contribution in [2.75, 3.05) is 7.11 Å². The normalized spacial score (nSPS) is 12.8. The lowest BCUT2D eigenvalue weighted by molar-refractivity contribution is -0.144. The van der Waals surface area contributed by atoms with Crippen LogP contribution in [0.4, 0.5) is 0 Å². The number of esters is 1. The third-order valence-electron chi connectivity index (χ3n) is 2.31. The zero-order valence-corrected chi connectivity index (χ0v) is 9.41. The maximum absolute atomic E-state index is 11.4. The molecule has 0 saturated carbocycles. The van der Waals surface area contributed by atoms with Crippen LogP contribution in [0.3, 0.4) is 0 Å². The predicted molar refractivity (Wildman–Crippen MR) is 58.3 cm³/mol. The third-order valence-corrected chi connectivity index (χ3v) is 2.31. The lowest BCUT2D eigenvalue weighted by atomic mass is 10.0. The molecule has 0 aromatic carbocycles. The molecule has 2 N–H and O–H groups in total. The lowest BCUT2D eigenvalue weighted by Crippen LogP contribution is -2.41. The number of hydrogen-bond acceptors (Lipinski definition) is 3. The van der Waals surface area contributed by atoms with Crippen LogP contribution in [0, 0.1) is 5.92 Å². The van der Waals surface area contributed by atoms with Crippen LogP contribution in [-0.4, -0.2) is 24.1 Å². The van der Waals surface area contributed by atoms with Gasteiger partial charge in [0.25, 0.3) is 0 Å². The van der Waals surface area contributed by atoms with Crippen molar-refractivity contribution >= 4 is 5.97 Å². The van der Waals surface area contributed by atoms with E-state index in [0.717, 1.165) is 5.56 Å². The summed E-state index contributed by atoms with van der Waals surface area (Å²) in [6.45, 7) is 4.65. The lowest BCUT2D eigenvalue weighted by Gasteiger charge is -2.19. The second-order valence-electron chi connectivity index (χ2n) is 3.85. The molecular weight excluding hydrogens is 192 g/mol. The van der Waals surface area contributed by atoms with Crippen LogP contribution in [0.5, 0.6) is 0 Å². The fourth-order valence-corrected chi connectivity index (χ4v) is 1.41. The van der Waals surface area contributed by atoms with Gasteiger partial charge in [-0.25, -0.2) is 0 Å². The van der Waals surface area contributed by atoms with E-state index in [4.69, 9.17) is 4.74 Å². The molecule has 1 heterocycles. The molecule has 1 rings (SSSR count). The Balaban J connectivity index is 2.49. The summed E-state index contributed by atoms with van der Waals surface area (Å²) in [5.74, 6) is 0.0110. The maximum Gasteiger partial charge on any atom is 0.323 e. The van der Waals surface area contributed by atoms with Crippen molar-refractivity contribution in [2.24, 2.45) is 5.92 Å². The molecule has 15 heavy (non-hydrogen) atoms. The molecule has 1 aromatic heterocycles. The Bertz CT molecular complexity index is 294. The fourth-order valence-electron chi connectivity index (χ4n) is 1.41. The van der Waals surface area contributed by atoms with E-state index in [1.807, 2.05) is 32.3 Å². The van der Waals surface area contributed by atoms with E-state index in [1.54, 1.807) is 0 Å². The van der Waals surface area contributed by atoms with Crippen LogP contribution in [0.15, 0.2) is 18.5 Å². The SMILES string of the molecule is COC(=O)[C@@H](NCc1cc[nH]c1)C(C)C. The summed E-state index contributed by atoms with van der Waals surface area (Å²) in [4.78, 5) is 14.4. The average Bonchev–Trinajstić information content (AvgIpc) is 2.70. The van der Waals surface area contributed by atoms with Crippen molar-refractivity contribution in [3.63, 3.8) is 0 Å². The van der Waals surface area contributed by atoms with Gasteiger partial charge < -0.3 is 15.0 Å². The van der Waals surface area contributed by atoms with Crippen molar-refractivity contribution in [3.05, 3.63) is 24.0 Å². The monoisotopic (exact) mass is 210 g/mol. The van der Waals surface area contributed by atoms with Crippen molar-refractivity contribution in [3.8, 4) is 0 Å². The molecule has 1 atom stereocenters. The smallest absolute Gasteiger partial charge is 0.323 e. The van der Waals surface area contributed by atoms with E-state index in [2.05, 4.69) is 10.3 Å². The van der Waals surface area contributed by atoms with E-state index in [0.29, 0.717) is 6.54 Å². The Morgan fingerprint density at radius 3 is 2.80 bits per heavy atom. The quantitative estimate of drug-likeness (QED) is 0.720. The summed E-state index contributed by atoms with van der Waals surface area (Å²) in [5, 5.41) is 3.18. The molecule has 0 radical (unpaired) electrons. The number of aromatic nitrogens is 1. The zero-order valence-electron chi connectivity index (χ0n) is 9.41. The van der Waals surface area contributed by atoms with Crippen LogP contribution in [0.2, 0.25) is 0 Å². The highest BCUT2D eigenvalue weighted by Gasteiger charge is 2.21. The van der Waals surface area contributed by atoms with E-state index in [1.165, 1.54) is 7.11 Å². The van der Waals surface area contributed by atoms with Crippen molar-refractivity contribution in [1.82, 2.24) is 10.3 Å². The van der Waals surface area contributed by atoms with Gasteiger partial charge in [0.2, 0.25) is 0 Å². The molecule has 0 aliphatic carbocycles. The van der Waals surface area contributed by atoms with Crippen LogP contribution in [-0.2, 0) is 16.1 Å². The van der Waals surface area contributed by atoms with Gasteiger partial charge in [0.15, 0.2) is 0 Å². The Hall–Kier alpha value is -1.29. The first-order chi connectivity index (χ1) is 7.15. The second-order valence-corrected chi connectivity index (χ2v) is 3.85. The second kappa shape index (κ2) is 5.56. The minimum absolute atomic E-state index is 0.208. The van der Waals surface area contributed by atoms with E-state index < -0.39 is 0 Å². The molecule has 0 fully saturated rings. The number of ether oxygens (including phenoxy) is 1. The van der Waals surface area contributed by atoms with Gasteiger partial charge in [-0.1, -0.05) is 13.8 Å². The fraction of sp³-hybridized carbons (Fsp3) is 0.545. The number of carbonyl (C=O) groups excluding carboxylic acids is 1. The summed E-state index contributed by atoms with van der Waals surface area (Å²) in [6, 6.07) is 1.73. The Morgan fingerprint density at radius 1 is 1.60 bits per heavy atom. The minimum atomic E-state index is -0.245. The maximum atomic E-state index is 11.4. The molecule has 0 bridgehead atoms. The highest BCUT2D eigenvalue weighted by Crippen LogP contribution is 2.05. The van der Waals surface area contributed by atoms with Crippen molar-refractivity contribution < 1.29 is 9.53 Å². The highest BCUT2D eigenvalue weighted by atomic mass is 16.5. The van der Waals surface area contributed by atoms with Gasteiger partial charge in [-0.15, -0.1) is 0 Å². The molecule has 0 aliphatic rings. The molecule has 1 aromatic rings. The molecule has 84 valence electrons. The van der Waals surface area contributed by atoms with Gasteiger partial charge in [0, 0.05) is 18.9 Å². The summed E-state index contributed by atoms with van der Waals surface area (Å²) in [7, 11) is 1.41. The van der Waals surface area contributed by atoms with Gasteiger partial charge in [0.05, 0.1) is 7.11 Å². The standard InChI is InChI=1S/C11H18N2O2/c1-8(2)10(11(14)15-3)13-7-9-4-5-12-6-9/h4-6,8,10,12-13H,7H2,1-3H3/t10-/m0/s1. The van der Waals surface area contributed by atoms with Gasteiger partial charge in [-0.3, -0.25) is 4.79 Å². The topological polar surface area (TPSA) is 54.1 Å². The molecule has 4 nitrogen and oxygen atoms in total. The number of hydrogen-bond donors (Lipinski definition) is 2. The molecule has 0 saturated heterocycles. The molecule has 0 unspecified atom stereocenters. The molecule has 0 aliphatic heterocycles. The van der Waals surface area contributed by atoms with Crippen LogP contribution >= 0.6 is 0 Å². The number of aromatic amines is 1. The van der Waals surface area contributed by atoms with Crippen LogP contribution in [0.25, 0.3) is 0 Å².